The summed E-state index contributed by atoms with van der Waals surface area (Å²) in [6.07, 6.45) is 1.25. The number of benzene rings is 1. The molecule has 0 aliphatic rings. The molecule has 1 aromatic heterocycles. The minimum Gasteiger partial charge on any atom is -0.311 e. The summed E-state index contributed by atoms with van der Waals surface area (Å²) < 4.78 is 26.4. The molecule has 0 bridgehead atoms. The third-order valence-corrected chi connectivity index (χ3v) is 3.93. The second kappa shape index (κ2) is 6.16. The lowest BCUT2D eigenvalue weighted by Gasteiger charge is -2.08. The summed E-state index contributed by atoms with van der Waals surface area (Å²) in [4.78, 5) is 0. The van der Waals surface area contributed by atoms with Gasteiger partial charge in [-0.3, -0.25) is 0 Å². The minimum absolute atomic E-state index is 0.171. The van der Waals surface area contributed by atoms with Gasteiger partial charge in [0.1, 0.15) is 21.6 Å². The summed E-state index contributed by atoms with van der Waals surface area (Å²) in [5.74, 6) is -1.11. The van der Waals surface area contributed by atoms with Gasteiger partial charge in [0.25, 0.3) is 0 Å². The molecule has 6 heteroatoms. The number of nitrogens with one attached hydrogen (secondary N) is 1. The van der Waals surface area contributed by atoms with E-state index >= 15 is 0 Å². The van der Waals surface area contributed by atoms with Crippen molar-refractivity contribution in [1.29, 1.82) is 0 Å². The van der Waals surface area contributed by atoms with Gasteiger partial charge < -0.3 is 5.32 Å². The van der Waals surface area contributed by atoms with Crippen LogP contribution in [0.1, 0.15) is 35.0 Å². The SMILES string of the molecule is CCC(NC)c1nnc(Cc2ccc(F)cc2F)s1. The van der Waals surface area contributed by atoms with Crippen LogP contribution < -0.4 is 5.32 Å². The molecule has 2 rings (SSSR count). The fourth-order valence-electron chi connectivity index (χ4n) is 1.81. The molecule has 1 unspecified atom stereocenters. The van der Waals surface area contributed by atoms with Gasteiger partial charge in [0.05, 0.1) is 6.04 Å². The van der Waals surface area contributed by atoms with E-state index in [-0.39, 0.29) is 6.04 Å². The van der Waals surface area contributed by atoms with Gasteiger partial charge >= 0.3 is 0 Å². The summed E-state index contributed by atoms with van der Waals surface area (Å²) >= 11 is 1.45. The standard InChI is InChI=1S/C13H15F2N3S/c1-3-11(16-2)13-18-17-12(19-13)6-8-4-5-9(14)7-10(8)15/h4-5,7,11,16H,3,6H2,1-2H3. The van der Waals surface area contributed by atoms with Crippen molar-refractivity contribution in [3.8, 4) is 0 Å². The highest BCUT2D eigenvalue weighted by atomic mass is 32.1. The van der Waals surface area contributed by atoms with Gasteiger partial charge in [-0.2, -0.15) is 0 Å². The van der Waals surface area contributed by atoms with Crippen molar-refractivity contribution in [2.24, 2.45) is 0 Å². The lowest BCUT2D eigenvalue weighted by molar-refractivity contribution is 0.567. The van der Waals surface area contributed by atoms with Crippen molar-refractivity contribution in [1.82, 2.24) is 15.5 Å². The fourth-order valence-corrected chi connectivity index (χ4v) is 2.87. The Morgan fingerprint density at radius 1 is 1.32 bits per heavy atom. The summed E-state index contributed by atoms with van der Waals surface area (Å²) in [6.45, 7) is 2.06. The van der Waals surface area contributed by atoms with Crippen molar-refractivity contribution in [2.75, 3.05) is 7.05 Å². The normalized spacial score (nSPS) is 12.6. The summed E-state index contributed by atoms with van der Waals surface area (Å²) in [5.41, 5.74) is 0.432. The Balaban J connectivity index is 2.15. The summed E-state index contributed by atoms with van der Waals surface area (Å²) in [6, 6.07) is 3.76. The number of aromatic nitrogens is 2. The predicted octanol–water partition coefficient (Wildman–Crippen LogP) is 3.08. The molecule has 2 aromatic rings. The lowest BCUT2D eigenvalue weighted by Crippen LogP contribution is -2.14. The number of hydrogen-bond acceptors (Lipinski definition) is 4. The molecule has 0 saturated heterocycles. The van der Waals surface area contributed by atoms with Crippen LogP contribution in [0, 0.1) is 11.6 Å². The molecule has 0 saturated carbocycles. The first-order valence-corrected chi connectivity index (χ1v) is 6.89. The molecule has 0 amide bonds. The van der Waals surface area contributed by atoms with Crippen molar-refractivity contribution < 1.29 is 8.78 Å². The van der Waals surface area contributed by atoms with Gasteiger partial charge in [0.15, 0.2) is 0 Å². The molecule has 0 aliphatic heterocycles. The van der Waals surface area contributed by atoms with Crippen molar-refractivity contribution in [3.05, 3.63) is 45.4 Å². The first kappa shape index (κ1) is 14.0. The van der Waals surface area contributed by atoms with Crippen LogP contribution in [0.2, 0.25) is 0 Å². The van der Waals surface area contributed by atoms with Crippen LogP contribution in [-0.2, 0) is 6.42 Å². The molecule has 1 aromatic carbocycles. The van der Waals surface area contributed by atoms with E-state index in [1.807, 2.05) is 7.05 Å². The topological polar surface area (TPSA) is 37.8 Å². The Kier molecular flexibility index (Phi) is 4.55. The maximum absolute atomic E-state index is 13.5. The zero-order valence-corrected chi connectivity index (χ0v) is 11.6. The molecule has 3 nitrogen and oxygen atoms in total. The van der Waals surface area contributed by atoms with E-state index in [1.165, 1.54) is 23.5 Å². The highest BCUT2D eigenvalue weighted by Crippen LogP contribution is 2.23. The molecular formula is C13H15F2N3S. The first-order chi connectivity index (χ1) is 9.13. The van der Waals surface area contributed by atoms with E-state index in [9.17, 15) is 8.78 Å². The van der Waals surface area contributed by atoms with Crippen LogP contribution in [0.4, 0.5) is 8.78 Å². The number of nitrogens with zero attached hydrogens (tertiary/aromatic N) is 2. The maximum Gasteiger partial charge on any atom is 0.134 e. The quantitative estimate of drug-likeness (QED) is 0.916. The first-order valence-electron chi connectivity index (χ1n) is 6.07. The maximum atomic E-state index is 13.5. The molecule has 19 heavy (non-hydrogen) atoms. The predicted molar refractivity (Wildman–Crippen MR) is 71.2 cm³/mol. The summed E-state index contributed by atoms with van der Waals surface area (Å²) in [5, 5.41) is 12.9. The third-order valence-electron chi connectivity index (χ3n) is 2.89. The van der Waals surface area contributed by atoms with E-state index in [2.05, 4.69) is 22.4 Å². The highest BCUT2D eigenvalue weighted by Gasteiger charge is 2.14. The molecule has 0 aliphatic carbocycles. The Labute approximate surface area is 114 Å². The van der Waals surface area contributed by atoms with Crippen molar-refractivity contribution >= 4 is 11.3 Å². The molecule has 102 valence electrons. The molecule has 1 atom stereocenters. The van der Waals surface area contributed by atoms with Crippen LogP contribution in [0.3, 0.4) is 0 Å². The van der Waals surface area contributed by atoms with Gasteiger partial charge in [0, 0.05) is 12.5 Å². The van der Waals surface area contributed by atoms with E-state index in [1.54, 1.807) is 0 Å². The van der Waals surface area contributed by atoms with E-state index in [0.29, 0.717) is 12.0 Å². The Morgan fingerprint density at radius 2 is 2.11 bits per heavy atom. The third kappa shape index (κ3) is 3.33. The van der Waals surface area contributed by atoms with Crippen molar-refractivity contribution in [2.45, 2.75) is 25.8 Å². The molecule has 0 radical (unpaired) electrons. The number of rotatable bonds is 5. The van der Waals surface area contributed by atoms with Crippen LogP contribution in [-0.4, -0.2) is 17.2 Å². The number of hydrogen-bond donors (Lipinski definition) is 1. The smallest absolute Gasteiger partial charge is 0.134 e. The molecular weight excluding hydrogens is 268 g/mol. The second-order valence-corrected chi connectivity index (χ2v) is 5.29. The van der Waals surface area contributed by atoms with E-state index in [0.717, 1.165) is 22.5 Å². The molecule has 0 fully saturated rings. The van der Waals surface area contributed by atoms with Crippen LogP contribution in [0.5, 0.6) is 0 Å². The van der Waals surface area contributed by atoms with Crippen LogP contribution in [0.25, 0.3) is 0 Å². The average Bonchev–Trinajstić information content (AvgIpc) is 2.83. The van der Waals surface area contributed by atoms with Gasteiger partial charge in [-0.1, -0.05) is 24.3 Å². The zero-order chi connectivity index (χ0) is 13.8. The Bertz CT molecular complexity index is 553. The summed E-state index contributed by atoms with van der Waals surface area (Å²) in [7, 11) is 1.87. The van der Waals surface area contributed by atoms with Gasteiger partial charge in [0.2, 0.25) is 0 Å². The minimum atomic E-state index is -0.569. The van der Waals surface area contributed by atoms with Gasteiger partial charge in [-0.15, -0.1) is 10.2 Å². The van der Waals surface area contributed by atoms with Crippen molar-refractivity contribution in [3.63, 3.8) is 0 Å². The zero-order valence-electron chi connectivity index (χ0n) is 10.8. The Morgan fingerprint density at radius 3 is 2.74 bits per heavy atom. The van der Waals surface area contributed by atoms with Crippen LogP contribution >= 0.6 is 11.3 Å². The molecule has 1 N–H and O–H groups in total. The van der Waals surface area contributed by atoms with E-state index in [4.69, 9.17) is 0 Å². The van der Waals surface area contributed by atoms with Crippen LogP contribution in [0.15, 0.2) is 18.2 Å². The fraction of sp³-hybridized carbons (Fsp3) is 0.385. The van der Waals surface area contributed by atoms with E-state index < -0.39 is 11.6 Å². The van der Waals surface area contributed by atoms with Gasteiger partial charge in [-0.25, -0.2) is 8.78 Å². The molecule has 0 spiro atoms. The second-order valence-electron chi connectivity index (χ2n) is 4.20. The monoisotopic (exact) mass is 283 g/mol. The molecule has 1 heterocycles. The Hall–Kier alpha value is -1.40. The van der Waals surface area contributed by atoms with Gasteiger partial charge in [-0.05, 0) is 25.1 Å². The number of halogens is 2. The largest absolute Gasteiger partial charge is 0.311 e. The average molecular weight is 283 g/mol. The highest BCUT2D eigenvalue weighted by molar-refractivity contribution is 7.11. The lowest BCUT2D eigenvalue weighted by atomic mass is 10.1.